The molecule has 1 N–H and O–H groups in total. The van der Waals surface area contributed by atoms with Gasteiger partial charge in [0.15, 0.2) is 5.78 Å². The standard InChI is InChI=1S/C26H36O9/c1-5-32-22(30)34-21(29)26(35-23(31)33-6-2)12-10-18-17-8-7-15-13-16(27)9-11-24(15,3)20(17)19(28)14-25(18,26)4/h13,17-20,28H,5-12,14H2,1-4H3/t17-,18-,19-,20+,24-,25-,26-/m0/s1. The van der Waals surface area contributed by atoms with E-state index in [0.29, 0.717) is 19.3 Å². The number of ketones is 1. The fraction of sp³-hybridized carbons (Fsp3) is 0.769. The third-order valence-electron chi connectivity index (χ3n) is 9.30. The molecule has 0 unspecified atom stereocenters. The lowest BCUT2D eigenvalue weighted by atomic mass is 9.45. The monoisotopic (exact) mass is 492 g/mol. The number of rotatable bonds is 4. The maximum atomic E-state index is 13.5. The number of aliphatic hydroxyl groups is 1. The van der Waals surface area contributed by atoms with Gasteiger partial charge in [-0.15, -0.1) is 0 Å². The highest BCUT2D eigenvalue weighted by molar-refractivity contribution is 5.92. The van der Waals surface area contributed by atoms with Gasteiger partial charge in [-0.25, -0.2) is 14.4 Å². The molecule has 35 heavy (non-hydrogen) atoms. The fourth-order valence-corrected chi connectivity index (χ4v) is 7.81. The Balaban J connectivity index is 1.71. The van der Waals surface area contributed by atoms with Crippen LogP contribution in [0.2, 0.25) is 0 Å². The topological polar surface area (TPSA) is 125 Å². The molecule has 3 saturated carbocycles. The number of carbonyl (C=O) groups is 4. The first-order valence-electron chi connectivity index (χ1n) is 12.7. The second-order valence-corrected chi connectivity index (χ2v) is 10.8. The molecule has 7 atom stereocenters. The van der Waals surface area contributed by atoms with Crippen LogP contribution in [0.3, 0.4) is 0 Å². The van der Waals surface area contributed by atoms with Crippen molar-refractivity contribution in [3.63, 3.8) is 0 Å². The van der Waals surface area contributed by atoms with E-state index in [4.69, 9.17) is 18.9 Å². The second kappa shape index (κ2) is 9.22. The average molecular weight is 493 g/mol. The predicted octanol–water partition coefficient (Wildman–Crippen LogP) is 4.10. The maximum absolute atomic E-state index is 13.5. The molecule has 4 rings (SSSR count). The summed E-state index contributed by atoms with van der Waals surface area (Å²) < 4.78 is 20.5. The van der Waals surface area contributed by atoms with Gasteiger partial charge in [-0.2, -0.15) is 0 Å². The maximum Gasteiger partial charge on any atom is 0.516 e. The molecular formula is C26H36O9. The van der Waals surface area contributed by atoms with Gasteiger partial charge in [-0.3, -0.25) is 4.79 Å². The normalized spacial score (nSPS) is 39.9. The zero-order chi connectivity index (χ0) is 25.6. The number of esters is 1. The van der Waals surface area contributed by atoms with Gasteiger partial charge in [0, 0.05) is 11.8 Å². The summed E-state index contributed by atoms with van der Waals surface area (Å²) in [6, 6.07) is 0. The van der Waals surface area contributed by atoms with Crippen molar-refractivity contribution in [2.24, 2.45) is 28.6 Å². The number of carbonyl (C=O) groups excluding carboxylic acids is 4. The van der Waals surface area contributed by atoms with Crippen molar-refractivity contribution in [1.29, 1.82) is 0 Å². The van der Waals surface area contributed by atoms with Crippen molar-refractivity contribution >= 4 is 24.1 Å². The summed E-state index contributed by atoms with van der Waals surface area (Å²) in [4.78, 5) is 50.1. The Labute approximate surface area is 205 Å². The molecule has 0 heterocycles. The summed E-state index contributed by atoms with van der Waals surface area (Å²) >= 11 is 0. The summed E-state index contributed by atoms with van der Waals surface area (Å²) in [6.45, 7) is 7.28. The molecule has 194 valence electrons. The van der Waals surface area contributed by atoms with Gasteiger partial charge in [-0.1, -0.05) is 19.4 Å². The van der Waals surface area contributed by atoms with E-state index >= 15 is 0 Å². The second-order valence-electron chi connectivity index (χ2n) is 10.8. The van der Waals surface area contributed by atoms with Crippen LogP contribution < -0.4 is 0 Å². The molecular weight excluding hydrogens is 456 g/mol. The van der Waals surface area contributed by atoms with Crippen LogP contribution in [-0.2, 0) is 28.5 Å². The van der Waals surface area contributed by atoms with Crippen molar-refractivity contribution in [3.8, 4) is 0 Å². The molecule has 9 heteroatoms. The van der Waals surface area contributed by atoms with Crippen molar-refractivity contribution < 1.29 is 43.2 Å². The van der Waals surface area contributed by atoms with E-state index < -0.39 is 35.4 Å². The summed E-state index contributed by atoms with van der Waals surface area (Å²) in [7, 11) is 0. The first kappa shape index (κ1) is 25.7. The van der Waals surface area contributed by atoms with Crippen molar-refractivity contribution in [1.82, 2.24) is 0 Å². The van der Waals surface area contributed by atoms with Gasteiger partial charge in [-0.05, 0) is 81.6 Å². The minimum absolute atomic E-state index is 0.0249. The molecule has 3 fully saturated rings. The Morgan fingerprint density at radius 2 is 1.71 bits per heavy atom. The van der Waals surface area contributed by atoms with E-state index in [1.54, 1.807) is 19.9 Å². The van der Waals surface area contributed by atoms with E-state index in [-0.39, 0.29) is 55.0 Å². The molecule has 0 bridgehead atoms. The largest absolute Gasteiger partial charge is 0.516 e. The molecule has 0 aromatic heterocycles. The van der Waals surface area contributed by atoms with Crippen LogP contribution in [0.1, 0.15) is 72.6 Å². The van der Waals surface area contributed by atoms with Crippen molar-refractivity contribution in [2.75, 3.05) is 13.2 Å². The Hall–Kier alpha value is -2.42. The molecule has 0 radical (unpaired) electrons. The van der Waals surface area contributed by atoms with E-state index in [9.17, 15) is 24.3 Å². The lowest BCUT2D eigenvalue weighted by Crippen LogP contribution is -2.63. The molecule has 4 aliphatic rings. The first-order valence-corrected chi connectivity index (χ1v) is 12.7. The molecule has 0 saturated heterocycles. The molecule has 0 aromatic carbocycles. The van der Waals surface area contributed by atoms with Crippen LogP contribution >= 0.6 is 0 Å². The molecule has 0 aromatic rings. The highest BCUT2D eigenvalue weighted by Gasteiger charge is 2.72. The third kappa shape index (κ3) is 3.96. The zero-order valence-electron chi connectivity index (χ0n) is 21.0. The smallest absolute Gasteiger partial charge is 0.435 e. The summed E-state index contributed by atoms with van der Waals surface area (Å²) in [5.41, 5.74) is -1.96. The predicted molar refractivity (Wildman–Crippen MR) is 122 cm³/mol. The van der Waals surface area contributed by atoms with Gasteiger partial charge in [0.1, 0.15) is 0 Å². The number of aliphatic hydroxyl groups excluding tert-OH is 1. The summed E-state index contributed by atoms with van der Waals surface area (Å²) in [6.07, 6.45) is 2.37. The quantitative estimate of drug-likeness (QED) is 0.456. The van der Waals surface area contributed by atoms with Crippen LogP contribution in [-0.4, -0.2) is 54.1 Å². The van der Waals surface area contributed by atoms with E-state index in [1.165, 1.54) is 0 Å². The fourth-order valence-electron chi connectivity index (χ4n) is 7.81. The van der Waals surface area contributed by atoms with Crippen LogP contribution in [0, 0.1) is 28.6 Å². The number of allylic oxidation sites excluding steroid dienone is 1. The third-order valence-corrected chi connectivity index (χ3v) is 9.30. The number of fused-ring (bicyclic) bond motifs is 5. The molecule has 0 amide bonds. The van der Waals surface area contributed by atoms with Gasteiger partial charge in [0.05, 0.1) is 19.3 Å². The number of ether oxygens (including phenoxy) is 4. The van der Waals surface area contributed by atoms with Crippen LogP contribution in [0.25, 0.3) is 0 Å². The highest BCUT2D eigenvalue weighted by Crippen LogP contribution is 2.68. The number of hydrogen-bond donors (Lipinski definition) is 1. The molecule has 0 spiro atoms. The zero-order valence-corrected chi connectivity index (χ0v) is 21.0. The van der Waals surface area contributed by atoms with Gasteiger partial charge in [0.2, 0.25) is 5.60 Å². The Morgan fingerprint density at radius 3 is 2.40 bits per heavy atom. The minimum Gasteiger partial charge on any atom is -0.435 e. The average Bonchev–Trinajstić information content (AvgIpc) is 3.06. The molecule has 4 aliphatic carbocycles. The number of hydrogen-bond acceptors (Lipinski definition) is 9. The van der Waals surface area contributed by atoms with Gasteiger partial charge in [0.25, 0.3) is 0 Å². The van der Waals surface area contributed by atoms with Crippen molar-refractivity contribution in [3.05, 3.63) is 11.6 Å². The van der Waals surface area contributed by atoms with Crippen molar-refractivity contribution in [2.45, 2.75) is 84.3 Å². The Kier molecular flexibility index (Phi) is 6.76. The van der Waals surface area contributed by atoms with E-state index in [0.717, 1.165) is 18.4 Å². The van der Waals surface area contributed by atoms with E-state index in [2.05, 4.69) is 6.92 Å². The van der Waals surface area contributed by atoms with Crippen LogP contribution in [0.15, 0.2) is 11.6 Å². The molecule has 0 aliphatic heterocycles. The van der Waals surface area contributed by atoms with E-state index in [1.807, 2.05) is 6.92 Å². The Bertz CT molecular complexity index is 941. The first-order chi connectivity index (χ1) is 16.5. The van der Waals surface area contributed by atoms with Gasteiger partial charge < -0.3 is 24.1 Å². The Morgan fingerprint density at radius 1 is 1.03 bits per heavy atom. The minimum atomic E-state index is -1.79. The SMILES string of the molecule is CCOC(=O)OC(=O)[C@@]1(OC(=O)OCC)CC[C@H]2[C@@H]3CCC4=CC(=O)CC[C@]4(C)[C@H]3[C@@H](O)C[C@@]21C. The van der Waals surface area contributed by atoms with Crippen LogP contribution in [0.4, 0.5) is 9.59 Å². The lowest BCUT2D eigenvalue weighted by Gasteiger charge is -2.60. The van der Waals surface area contributed by atoms with Crippen LogP contribution in [0.5, 0.6) is 0 Å². The lowest BCUT2D eigenvalue weighted by molar-refractivity contribution is -0.200. The summed E-state index contributed by atoms with van der Waals surface area (Å²) in [5, 5.41) is 11.6. The van der Waals surface area contributed by atoms with Gasteiger partial charge >= 0.3 is 18.3 Å². The molecule has 9 nitrogen and oxygen atoms in total. The summed E-state index contributed by atoms with van der Waals surface area (Å²) in [5.74, 6) is -0.938. The highest BCUT2D eigenvalue weighted by atomic mass is 16.8.